The van der Waals surface area contributed by atoms with Gasteiger partial charge < -0.3 is 5.11 Å². The summed E-state index contributed by atoms with van der Waals surface area (Å²) >= 11 is 5.97. The third-order valence-corrected chi connectivity index (χ3v) is 2.72. The zero-order chi connectivity index (χ0) is 10.8. The van der Waals surface area contributed by atoms with E-state index in [9.17, 15) is 5.11 Å². The summed E-state index contributed by atoms with van der Waals surface area (Å²) in [5, 5.41) is 9.46. The Hall–Kier alpha value is -0.0100. The van der Waals surface area contributed by atoms with Crippen LogP contribution in [0.3, 0.4) is 0 Å². The van der Waals surface area contributed by atoms with E-state index >= 15 is 0 Å². The van der Waals surface area contributed by atoms with Crippen LogP contribution in [0.25, 0.3) is 0 Å². The SMILES string of the molecule is CCCCC/C=C\[C@H](O)[C@H](Cl)CCC. The molecular weight excluding hydrogens is 196 g/mol. The number of hydrogen-bond donors (Lipinski definition) is 1. The molecule has 0 aliphatic carbocycles. The van der Waals surface area contributed by atoms with E-state index in [4.69, 9.17) is 11.6 Å². The maximum Gasteiger partial charge on any atom is 0.0884 e. The Balaban J connectivity index is 3.53. The van der Waals surface area contributed by atoms with E-state index < -0.39 is 6.10 Å². The molecule has 0 heterocycles. The van der Waals surface area contributed by atoms with Gasteiger partial charge in [0.25, 0.3) is 0 Å². The lowest BCUT2D eigenvalue weighted by Gasteiger charge is -2.11. The van der Waals surface area contributed by atoms with Gasteiger partial charge in [-0.3, -0.25) is 0 Å². The number of unbranched alkanes of at least 4 members (excludes halogenated alkanes) is 3. The highest BCUT2D eigenvalue weighted by Crippen LogP contribution is 2.11. The molecule has 0 aromatic rings. The maximum absolute atomic E-state index is 9.59. The Morgan fingerprint density at radius 3 is 2.50 bits per heavy atom. The summed E-state index contributed by atoms with van der Waals surface area (Å²) in [6.45, 7) is 4.27. The van der Waals surface area contributed by atoms with E-state index in [0.717, 1.165) is 19.3 Å². The van der Waals surface area contributed by atoms with E-state index in [1.807, 2.05) is 12.2 Å². The van der Waals surface area contributed by atoms with Gasteiger partial charge in [0.15, 0.2) is 0 Å². The van der Waals surface area contributed by atoms with E-state index in [2.05, 4.69) is 13.8 Å². The van der Waals surface area contributed by atoms with Crippen molar-refractivity contribution in [2.45, 2.75) is 63.9 Å². The highest BCUT2D eigenvalue weighted by atomic mass is 35.5. The fourth-order valence-corrected chi connectivity index (χ4v) is 1.62. The first-order chi connectivity index (χ1) is 6.72. The van der Waals surface area contributed by atoms with Crippen molar-refractivity contribution in [3.05, 3.63) is 12.2 Å². The van der Waals surface area contributed by atoms with Crippen LogP contribution in [0.1, 0.15) is 52.4 Å². The molecule has 0 rings (SSSR count). The summed E-state index contributed by atoms with van der Waals surface area (Å²) in [5.41, 5.74) is 0. The second-order valence-electron chi connectivity index (χ2n) is 3.72. The van der Waals surface area contributed by atoms with Crippen LogP contribution in [0.2, 0.25) is 0 Å². The molecule has 0 saturated carbocycles. The van der Waals surface area contributed by atoms with Crippen LogP contribution in [-0.2, 0) is 0 Å². The minimum atomic E-state index is -0.474. The van der Waals surface area contributed by atoms with Crippen LogP contribution < -0.4 is 0 Å². The molecule has 0 aromatic carbocycles. The van der Waals surface area contributed by atoms with E-state index in [-0.39, 0.29) is 5.38 Å². The van der Waals surface area contributed by atoms with Gasteiger partial charge in [-0.1, -0.05) is 45.3 Å². The van der Waals surface area contributed by atoms with Crippen molar-refractivity contribution in [3.8, 4) is 0 Å². The molecule has 0 radical (unpaired) electrons. The molecule has 14 heavy (non-hydrogen) atoms. The lowest BCUT2D eigenvalue weighted by molar-refractivity contribution is 0.212. The summed E-state index contributed by atoms with van der Waals surface area (Å²) in [6.07, 6.45) is 10.1. The lowest BCUT2D eigenvalue weighted by Crippen LogP contribution is -2.17. The summed E-state index contributed by atoms with van der Waals surface area (Å²) in [5.74, 6) is 0. The predicted octanol–water partition coefficient (Wildman–Crippen LogP) is 3.89. The quantitative estimate of drug-likeness (QED) is 0.372. The van der Waals surface area contributed by atoms with Gasteiger partial charge in [-0.25, -0.2) is 0 Å². The van der Waals surface area contributed by atoms with Crippen molar-refractivity contribution in [2.24, 2.45) is 0 Å². The number of aliphatic hydroxyl groups excluding tert-OH is 1. The predicted molar refractivity (Wildman–Crippen MR) is 63.8 cm³/mol. The standard InChI is InChI=1S/C12H23ClO/c1-3-5-6-7-8-10-12(14)11(13)9-4-2/h8,10-12,14H,3-7,9H2,1-2H3/b10-8-/t11-,12+/m1/s1. The average Bonchev–Trinajstić information content (AvgIpc) is 2.17. The molecule has 0 aliphatic heterocycles. The lowest BCUT2D eigenvalue weighted by atomic mass is 10.1. The number of halogens is 1. The number of alkyl halides is 1. The molecule has 2 heteroatoms. The molecule has 0 bridgehead atoms. The van der Waals surface area contributed by atoms with Crippen LogP contribution in [0.4, 0.5) is 0 Å². The van der Waals surface area contributed by atoms with Crippen LogP contribution in [0.5, 0.6) is 0 Å². The Bertz CT molecular complexity index is 145. The third-order valence-electron chi connectivity index (χ3n) is 2.24. The van der Waals surface area contributed by atoms with Crippen LogP contribution >= 0.6 is 11.6 Å². The zero-order valence-corrected chi connectivity index (χ0v) is 10.1. The number of aliphatic hydroxyl groups is 1. The van der Waals surface area contributed by atoms with E-state index in [0.29, 0.717) is 0 Å². The van der Waals surface area contributed by atoms with Crippen molar-refractivity contribution >= 4 is 11.6 Å². The molecule has 0 saturated heterocycles. The van der Waals surface area contributed by atoms with Gasteiger partial charge in [0.1, 0.15) is 0 Å². The summed E-state index contributed by atoms with van der Waals surface area (Å²) in [6, 6.07) is 0. The van der Waals surface area contributed by atoms with Gasteiger partial charge >= 0.3 is 0 Å². The van der Waals surface area contributed by atoms with Crippen LogP contribution in [-0.4, -0.2) is 16.6 Å². The topological polar surface area (TPSA) is 20.2 Å². The Morgan fingerprint density at radius 2 is 1.93 bits per heavy atom. The van der Waals surface area contributed by atoms with Crippen LogP contribution in [0, 0.1) is 0 Å². The fourth-order valence-electron chi connectivity index (χ4n) is 1.31. The molecule has 0 aliphatic rings. The summed E-state index contributed by atoms with van der Waals surface area (Å²) in [4.78, 5) is 0. The smallest absolute Gasteiger partial charge is 0.0884 e. The number of rotatable bonds is 8. The minimum Gasteiger partial charge on any atom is -0.388 e. The second-order valence-corrected chi connectivity index (χ2v) is 4.28. The first-order valence-corrected chi connectivity index (χ1v) is 6.14. The summed E-state index contributed by atoms with van der Waals surface area (Å²) in [7, 11) is 0. The monoisotopic (exact) mass is 218 g/mol. The molecule has 1 nitrogen and oxygen atoms in total. The van der Waals surface area contributed by atoms with Gasteiger partial charge in [-0.05, 0) is 19.3 Å². The average molecular weight is 219 g/mol. The van der Waals surface area contributed by atoms with Crippen molar-refractivity contribution in [2.75, 3.05) is 0 Å². The first-order valence-electron chi connectivity index (χ1n) is 5.71. The molecule has 0 aromatic heterocycles. The molecule has 0 fully saturated rings. The molecular formula is C12H23ClO. The molecule has 1 N–H and O–H groups in total. The Kier molecular flexibility index (Phi) is 9.53. The van der Waals surface area contributed by atoms with E-state index in [1.54, 1.807) is 0 Å². The first kappa shape index (κ1) is 14.0. The molecule has 2 atom stereocenters. The van der Waals surface area contributed by atoms with Gasteiger partial charge in [0.05, 0.1) is 11.5 Å². The Labute approximate surface area is 93.2 Å². The second kappa shape index (κ2) is 9.54. The molecule has 0 unspecified atom stereocenters. The van der Waals surface area contributed by atoms with Crippen molar-refractivity contribution < 1.29 is 5.11 Å². The summed E-state index contributed by atoms with van der Waals surface area (Å²) < 4.78 is 0. The minimum absolute atomic E-state index is 0.123. The normalized spacial score (nSPS) is 16.0. The van der Waals surface area contributed by atoms with Gasteiger partial charge in [-0.15, -0.1) is 11.6 Å². The number of hydrogen-bond acceptors (Lipinski definition) is 1. The van der Waals surface area contributed by atoms with Gasteiger partial charge in [0, 0.05) is 0 Å². The molecule has 0 spiro atoms. The van der Waals surface area contributed by atoms with Gasteiger partial charge in [-0.2, -0.15) is 0 Å². The fraction of sp³-hybridized carbons (Fsp3) is 0.833. The highest BCUT2D eigenvalue weighted by molar-refractivity contribution is 6.21. The third kappa shape index (κ3) is 7.40. The van der Waals surface area contributed by atoms with Gasteiger partial charge in [0.2, 0.25) is 0 Å². The molecule has 0 amide bonds. The molecule has 84 valence electrons. The maximum atomic E-state index is 9.59. The van der Waals surface area contributed by atoms with Crippen molar-refractivity contribution in [1.82, 2.24) is 0 Å². The van der Waals surface area contributed by atoms with Crippen molar-refractivity contribution in [1.29, 1.82) is 0 Å². The zero-order valence-electron chi connectivity index (χ0n) is 9.38. The Morgan fingerprint density at radius 1 is 1.21 bits per heavy atom. The highest BCUT2D eigenvalue weighted by Gasteiger charge is 2.11. The van der Waals surface area contributed by atoms with Crippen LogP contribution in [0.15, 0.2) is 12.2 Å². The number of allylic oxidation sites excluding steroid dienone is 1. The largest absolute Gasteiger partial charge is 0.388 e. The van der Waals surface area contributed by atoms with Crippen molar-refractivity contribution in [3.63, 3.8) is 0 Å². The van der Waals surface area contributed by atoms with E-state index in [1.165, 1.54) is 19.3 Å².